The first-order valence-corrected chi connectivity index (χ1v) is 15.0. The van der Waals surface area contributed by atoms with Crippen molar-refractivity contribution in [2.24, 2.45) is 0 Å². The number of para-hydroxylation sites is 2. The van der Waals surface area contributed by atoms with Gasteiger partial charge in [0.05, 0.1) is 11.0 Å². The number of nitrogens with zero attached hydrogens (tertiary/aromatic N) is 1. The molecule has 0 bridgehead atoms. The van der Waals surface area contributed by atoms with Crippen LogP contribution in [0.4, 0.5) is 11.4 Å². The highest BCUT2D eigenvalue weighted by Gasteiger charge is 2.15. The van der Waals surface area contributed by atoms with Crippen LogP contribution in [0.1, 0.15) is 0 Å². The van der Waals surface area contributed by atoms with Crippen LogP contribution in [0, 0.1) is 0 Å². The number of rotatable bonds is 6. The maximum atomic E-state index is 3.64. The third-order valence-electron chi connectivity index (χ3n) is 8.37. The smallest absolute Gasteiger partial charge is 0.0541 e. The SMILES string of the molecule is c1ccc(Nc2ccc(-c3ccc4c(c3)c3ccccc3n4-c3cccc(-c4ccccc4)c3)cc2-c2ccccc2)cc1. The molecular weight excluding hydrogens is 532 g/mol. The zero-order valence-corrected chi connectivity index (χ0v) is 24.2. The van der Waals surface area contributed by atoms with Crippen LogP contribution in [0.25, 0.3) is 60.9 Å². The Balaban J connectivity index is 1.26. The normalized spacial score (nSPS) is 11.2. The Kier molecular flexibility index (Phi) is 6.51. The number of hydrogen-bond donors (Lipinski definition) is 1. The molecule has 7 aromatic carbocycles. The Hall–Kier alpha value is -5.86. The molecule has 8 rings (SSSR count). The first-order chi connectivity index (χ1) is 21.8. The van der Waals surface area contributed by atoms with Gasteiger partial charge in [0.15, 0.2) is 0 Å². The predicted molar refractivity (Wildman–Crippen MR) is 187 cm³/mol. The lowest BCUT2D eigenvalue weighted by Gasteiger charge is -2.15. The number of aromatic nitrogens is 1. The summed E-state index contributed by atoms with van der Waals surface area (Å²) in [5.41, 5.74) is 12.9. The number of nitrogens with one attached hydrogen (secondary N) is 1. The van der Waals surface area contributed by atoms with E-state index in [1.807, 2.05) is 6.07 Å². The fourth-order valence-corrected chi connectivity index (χ4v) is 6.25. The summed E-state index contributed by atoms with van der Waals surface area (Å²) in [5.74, 6) is 0. The van der Waals surface area contributed by atoms with E-state index in [0.29, 0.717) is 0 Å². The second-order valence-electron chi connectivity index (χ2n) is 11.1. The van der Waals surface area contributed by atoms with Gasteiger partial charge in [0.1, 0.15) is 0 Å². The van der Waals surface area contributed by atoms with Crippen LogP contribution in [-0.4, -0.2) is 4.57 Å². The average Bonchev–Trinajstić information content (AvgIpc) is 3.43. The standard InChI is InChI=1S/C42H30N2/c1-4-13-30(14-5-1)32-17-12-20-36(27-32)44-41-22-11-10-21-37(41)39-29-34(24-26-42(39)44)33-23-25-40(43-35-18-8-3-9-19-35)38(28-33)31-15-6-2-7-16-31/h1-29,43H. The number of benzene rings is 7. The van der Waals surface area contributed by atoms with Crippen LogP contribution in [0.15, 0.2) is 176 Å². The van der Waals surface area contributed by atoms with Crippen molar-refractivity contribution in [3.8, 4) is 39.1 Å². The van der Waals surface area contributed by atoms with Gasteiger partial charge in [-0.15, -0.1) is 0 Å². The lowest BCUT2D eigenvalue weighted by atomic mass is 9.96. The Morgan fingerprint density at radius 3 is 1.75 bits per heavy atom. The summed E-state index contributed by atoms with van der Waals surface area (Å²) in [6.07, 6.45) is 0. The van der Waals surface area contributed by atoms with Crippen LogP contribution < -0.4 is 5.32 Å². The van der Waals surface area contributed by atoms with Gasteiger partial charge in [-0.2, -0.15) is 0 Å². The van der Waals surface area contributed by atoms with E-state index in [9.17, 15) is 0 Å². The Bertz CT molecular complexity index is 2230. The summed E-state index contributed by atoms with van der Waals surface area (Å²) in [6.45, 7) is 0. The van der Waals surface area contributed by atoms with E-state index in [-0.39, 0.29) is 0 Å². The highest BCUT2D eigenvalue weighted by atomic mass is 15.0. The van der Waals surface area contributed by atoms with Gasteiger partial charge in [0, 0.05) is 33.4 Å². The van der Waals surface area contributed by atoms with Gasteiger partial charge in [-0.25, -0.2) is 0 Å². The molecule has 0 atom stereocenters. The molecule has 0 saturated heterocycles. The van der Waals surface area contributed by atoms with E-state index in [1.165, 1.54) is 55.2 Å². The lowest BCUT2D eigenvalue weighted by Crippen LogP contribution is -1.95. The molecule has 208 valence electrons. The van der Waals surface area contributed by atoms with E-state index in [1.54, 1.807) is 0 Å². The summed E-state index contributed by atoms with van der Waals surface area (Å²) in [5, 5.41) is 6.13. The number of anilines is 2. The average molecular weight is 563 g/mol. The predicted octanol–water partition coefficient (Wildman–Crippen LogP) is 11.5. The van der Waals surface area contributed by atoms with Gasteiger partial charge in [-0.3, -0.25) is 0 Å². The van der Waals surface area contributed by atoms with Crippen LogP contribution in [0.2, 0.25) is 0 Å². The molecule has 1 aromatic heterocycles. The number of fused-ring (bicyclic) bond motifs is 3. The van der Waals surface area contributed by atoms with Gasteiger partial charge in [0.2, 0.25) is 0 Å². The Morgan fingerprint density at radius 1 is 0.364 bits per heavy atom. The molecule has 0 aliphatic heterocycles. The molecule has 0 fully saturated rings. The summed E-state index contributed by atoms with van der Waals surface area (Å²) >= 11 is 0. The maximum absolute atomic E-state index is 3.64. The molecule has 0 spiro atoms. The summed E-state index contributed by atoms with van der Waals surface area (Å²) in [6, 6.07) is 62.7. The molecule has 8 aromatic rings. The summed E-state index contributed by atoms with van der Waals surface area (Å²) in [7, 11) is 0. The van der Waals surface area contributed by atoms with Crippen molar-refractivity contribution < 1.29 is 0 Å². The molecule has 2 heteroatoms. The number of hydrogen-bond acceptors (Lipinski definition) is 1. The molecule has 0 aliphatic carbocycles. The van der Waals surface area contributed by atoms with Crippen molar-refractivity contribution in [2.75, 3.05) is 5.32 Å². The minimum atomic E-state index is 1.07. The Morgan fingerprint density at radius 2 is 0.955 bits per heavy atom. The highest BCUT2D eigenvalue weighted by molar-refractivity contribution is 6.10. The zero-order valence-electron chi connectivity index (χ0n) is 24.2. The molecule has 0 aliphatic rings. The molecule has 1 heterocycles. The van der Waals surface area contributed by atoms with Crippen LogP contribution in [-0.2, 0) is 0 Å². The van der Waals surface area contributed by atoms with E-state index >= 15 is 0 Å². The van der Waals surface area contributed by atoms with E-state index in [2.05, 4.69) is 180 Å². The third-order valence-corrected chi connectivity index (χ3v) is 8.37. The third kappa shape index (κ3) is 4.73. The van der Waals surface area contributed by atoms with Crippen LogP contribution in [0.5, 0.6) is 0 Å². The molecule has 0 unspecified atom stereocenters. The molecule has 1 N–H and O–H groups in total. The molecule has 44 heavy (non-hydrogen) atoms. The van der Waals surface area contributed by atoms with Crippen molar-refractivity contribution in [3.05, 3.63) is 176 Å². The van der Waals surface area contributed by atoms with E-state index < -0.39 is 0 Å². The minimum absolute atomic E-state index is 1.07. The van der Waals surface area contributed by atoms with Gasteiger partial charge in [0.25, 0.3) is 0 Å². The van der Waals surface area contributed by atoms with Crippen molar-refractivity contribution >= 4 is 33.2 Å². The zero-order chi connectivity index (χ0) is 29.3. The van der Waals surface area contributed by atoms with Crippen molar-refractivity contribution in [1.82, 2.24) is 4.57 Å². The van der Waals surface area contributed by atoms with Crippen molar-refractivity contribution in [1.29, 1.82) is 0 Å². The first kappa shape index (κ1) is 25.8. The summed E-state index contributed by atoms with van der Waals surface area (Å²) in [4.78, 5) is 0. The summed E-state index contributed by atoms with van der Waals surface area (Å²) < 4.78 is 2.39. The largest absolute Gasteiger partial charge is 0.355 e. The Labute approximate surface area is 257 Å². The van der Waals surface area contributed by atoms with E-state index in [4.69, 9.17) is 0 Å². The van der Waals surface area contributed by atoms with Crippen molar-refractivity contribution in [2.45, 2.75) is 0 Å². The second kappa shape index (κ2) is 11.1. The van der Waals surface area contributed by atoms with Gasteiger partial charge >= 0.3 is 0 Å². The van der Waals surface area contributed by atoms with Gasteiger partial charge in [-0.05, 0) is 82.4 Å². The minimum Gasteiger partial charge on any atom is -0.355 e. The first-order valence-electron chi connectivity index (χ1n) is 15.0. The van der Waals surface area contributed by atoms with Crippen LogP contribution in [0.3, 0.4) is 0 Å². The maximum Gasteiger partial charge on any atom is 0.0541 e. The van der Waals surface area contributed by atoms with Gasteiger partial charge in [-0.1, -0.05) is 121 Å². The monoisotopic (exact) mass is 562 g/mol. The second-order valence-corrected chi connectivity index (χ2v) is 11.1. The van der Waals surface area contributed by atoms with Gasteiger partial charge < -0.3 is 9.88 Å². The fourth-order valence-electron chi connectivity index (χ4n) is 6.25. The lowest BCUT2D eigenvalue weighted by molar-refractivity contribution is 1.18. The molecule has 0 radical (unpaired) electrons. The topological polar surface area (TPSA) is 17.0 Å². The molecular formula is C42H30N2. The van der Waals surface area contributed by atoms with Crippen LogP contribution >= 0.6 is 0 Å². The molecule has 2 nitrogen and oxygen atoms in total. The molecule has 0 amide bonds. The van der Waals surface area contributed by atoms with Crippen molar-refractivity contribution in [3.63, 3.8) is 0 Å². The van der Waals surface area contributed by atoms with E-state index in [0.717, 1.165) is 17.1 Å². The highest BCUT2D eigenvalue weighted by Crippen LogP contribution is 2.38. The fraction of sp³-hybridized carbons (Fsp3) is 0. The molecule has 0 saturated carbocycles. The quantitative estimate of drug-likeness (QED) is 0.213.